The number of nitrogens with one attached hydrogen (secondary N) is 1. The third-order valence-electron chi connectivity index (χ3n) is 0.780. The van der Waals surface area contributed by atoms with E-state index >= 15 is 0 Å². The van der Waals surface area contributed by atoms with Crippen LogP contribution >= 0.6 is 0 Å². The minimum Gasteiger partial charge on any atom is -0.294 e. The topological polar surface area (TPSA) is 49.3 Å². The van der Waals surface area contributed by atoms with Crippen molar-refractivity contribution in [1.82, 2.24) is 4.72 Å². The highest BCUT2D eigenvalue weighted by Crippen LogP contribution is 1.98. The second-order valence-corrected chi connectivity index (χ2v) is 3.05. The van der Waals surface area contributed by atoms with Gasteiger partial charge < -0.3 is 0 Å². The molecule has 0 fully saturated rings. The van der Waals surface area contributed by atoms with Gasteiger partial charge in [0, 0.05) is 0 Å². The minimum absolute atomic E-state index is 0.589. The molecule has 0 aromatic heterocycles. The summed E-state index contributed by atoms with van der Waals surface area (Å²) in [5, 5.41) is 0. The molecule has 0 aromatic rings. The van der Waals surface area contributed by atoms with Gasteiger partial charge in [-0.25, -0.2) is 4.21 Å². The molecule has 0 aliphatic heterocycles. The lowest BCUT2D eigenvalue weighted by Crippen LogP contribution is -2.38. The van der Waals surface area contributed by atoms with Gasteiger partial charge >= 0.3 is 0 Å². The fourth-order valence-electron chi connectivity index (χ4n) is 0.556. The second kappa shape index (κ2) is 3.71. The molecule has 0 saturated heterocycles. The highest BCUT2D eigenvalue weighted by Gasteiger charge is 2.14. The van der Waals surface area contributed by atoms with E-state index in [4.69, 9.17) is 4.55 Å². The van der Waals surface area contributed by atoms with Crippen LogP contribution in [-0.2, 0) is 11.3 Å². The molecule has 0 aliphatic carbocycles. The van der Waals surface area contributed by atoms with Gasteiger partial charge in [-0.15, -0.1) is 5.92 Å². The summed E-state index contributed by atoms with van der Waals surface area (Å²) in [7, 11) is 0. The summed E-state index contributed by atoms with van der Waals surface area (Å²) in [6.45, 7) is 5.15. The summed E-state index contributed by atoms with van der Waals surface area (Å²) in [5.74, 6) is 5.39. The maximum absolute atomic E-state index is 10.2. The van der Waals surface area contributed by atoms with E-state index in [9.17, 15) is 4.21 Å². The van der Waals surface area contributed by atoms with E-state index in [-0.39, 0.29) is 0 Å². The van der Waals surface area contributed by atoms with Crippen LogP contribution in [0.4, 0.5) is 0 Å². The van der Waals surface area contributed by atoms with Gasteiger partial charge in [-0.1, -0.05) is 5.92 Å². The zero-order valence-corrected chi connectivity index (χ0v) is 7.08. The molecule has 58 valence electrons. The van der Waals surface area contributed by atoms with Crippen molar-refractivity contribution in [2.75, 3.05) is 0 Å². The fourth-order valence-corrected chi connectivity index (χ4v) is 1.04. The molecule has 0 aromatic carbocycles. The monoisotopic (exact) mass is 161 g/mol. The van der Waals surface area contributed by atoms with Crippen LogP contribution in [0.25, 0.3) is 0 Å². The minimum atomic E-state index is -1.99. The predicted molar refractivity (Wildman–Crippen MR) is 41.4 cm³/mol. The highest BCUT2D eigenvalue weighted by molar-refractivity contribution is 7.77. The second-order valence-electron chi connectivity index (χ2n) is 2.35. The molecule has 0 aliphatic rings. The van der Waals surface area contributed by atoms with Gasteiger partial charge in [-0.2, -0.15) is 4.72 Å². The Balaban J connectivity index is 4.08. The molecule has 1 atom stereocenters. The van der Waals surface area contributed by atoms with Gasteiger partial charge in [0.25, 0.3) is 0 Å². The Morgan fingerprint density at radius 1 is 1.60 bits per heavy atom. The van der Waals surface area contributed by atoms with Gasteiger partial charge in [-0.3, -0.25) is 4.55 Å². The van der Waals surface area contributed by atoms with Crippen LogP contribution in [0.5, 0.6) is 0 Å². The largest absolute Gasteiger partial charge is 0.294 e. The molecular formula is C6H11NO2S. The third kappa shape index (κ3) is 4.50. The quantitative estimate of drug-likeness (QED) is 0.458. The van der Waals surface area contributed by atoms with Gasteiger partial charge in [0.2, 0.25) is 11.3 Å². The van der Waals surface area contributed by atoms with Crippen molar-refractivity contribution < 1.29 is 8.76 Å². The Kier molecular flexibility index (Phi) is 3.58. The van der Waals surface area contributed by atoms with Crippen LogP contribution < -0.4 is 4.72 Å². The van der Waals surface area contributed by atoms with Crippen LogP contribution in [0, 0.1) is 11.8 Å². The predicted octanol–water partition coefficient (Wildman–Crippen LogP) is 0.515. The number of rotatable bonds is 2. The molecule has 0 spiro atoms. The molecule has 4 heteroatoms. The van der Waals surface area contributed by atoms with E-state index in [1.54, 1.807) is 20.8 Å². The van der Waals surface area contributed by atoms with Crippen molar-refractivity contribution in [3.8, 4) is 11.8 Å². The maximum Gasteiger partial charge on any atom is 0.233 e. The maximum atomic E-state index is 10.2. The van der Waals surface area contributed by atoms with Gasteiger partial charge in [0.1, 0.15) is 0 Å². The van der Waals surface area contributed by atoms with Crippen molar-refractivity contribution in [1.29, 1.82) is 0 Å². The molecule has 0 bridgehead atoms. The third-order valence-corrected chi connectivity index (χ3v) is 1.46. The molecule has 10 heavy (non-hydrogen) atoms. The lowest BCUT2D eigenvalue weighted by Gasteiger charge is -2.15. The zero-order valence-electron chi connectivity index (χ0n) is 6.26. The Labute approximate surface area is 63.6 Å². The van der Waals surface area contributed by atoms with Gasteiger partial charge in [0.05, 0.1) is 5.54 Å². The first-order valence-corrected chi connectivity index (χ1v) is 3.91. The van der Waals surface area contributed by atoms with Crippen molar-refractivity contribution in [3.63, 3.8) is 0 Å². The van der Waals surface area contributed by atoms with E-state index in [1.807, 2.05) is 0 Å². The van der Waals surface area contributed by atoms with Crippen molar-refractivity contribution in [2.24, 2.45) is 0 Å². The van der Waals surface area contributed by atoms with Crippen LogP contribution in [-0.4, -0.2) is 14.3 Å². The van der Waals surface area contributed by atoms with E-state index in [1.165, 1.54) is 0 Å². The molecule has 3 nitrogen and oxygen atoms in total. The van der Waals surface area contributed by atoms with E-state index in [0.29, 0.717) is 0 Å². The van der Waals surface area contributed by atoms with E-state index in [0.717, 1.165) is 0 Å². The van der Waals surface area contributed by atoms with Crippen LogP contribution in [0.2, 0.25) is 0 Å². The first kappa shape index (κ1) is 9.63. The molecule has 2 N–H and O–H groups in total. The first-order valence-electron chi connectivity index (χ1n) is 2.80. The van der Waals surface area contributed by atoms with E-state index < -0.39 is 16.8 Å². The standard InChI is InChI=1S/C6H11NO2S/c1-4-5-6(2,3)7-10(8)9/h7H,1-3H3,(H,8,9). The lowest BCUT2D eigenvalue weighted by atomic mass is 10.1. The van der Waals surface area contributed by atoms with Crippen LogP contribution in [0.1, 0.15) is 20.8 Å². The summed E-state index contributed by atoms with van der Waals surface area (Å²) in [5.41, 5.74) is -0.589. The molecule has 1 unspecified atom stereocenters. The Hall–Kier alpha value is -0.370. The molecule has 0 amide bonds. The van der Waals surface area contributed by atoms with Gasteiger partial charge in [-0.05, 0) is 20.8 Å². The molecule has 0 heterocycles. The summed E-state index contributed by atoms with van der Waals surface area (Å²) in [6, 6.07) is 0. The molecule has 0 saturated carbocycles. The zero-order chi connectivity index (χ0) is 8.20. The van der Waals surface area contributed by atoms with Crippen molar-refractivity contribution >= 4 is 11.3 Å². The van der Waals surface area contributed by atoms with E-state index in [2.05, 4.69) is 16.6 Å². The van der Waals surface area contributed by atoms with Crippen molar-refractivity contribution in [2.45, 2.75) is 26.3 Å². The normalized spacial score (nSPS) is 13.6. The Morgan fingerprint density at radius 2 is 2.10 bits per heavy atom. The SMILES string of the molecule is CC#CC(C)(C)NS(=O)O. The van der Waals surface area contributed by atoms with Crippen molar-refractivity contribution in [3.05, 3.63) is 0 Å². The first-order chi connectivity index (χ1) is 4.48. The Morgan fingerprint density at radius 3 is 2.40 bits per heavy atom. The van der Waals surface area contributed by atoms with Crippen LogP contribution in [0.15, 0.2) is 0 Å². The average molecular weight is 161 g/mol. The average Bonchev–Trinajstić information content (AvgIpc) is 1.59. The summed E-state index contributed by atoms with van der Waals surface area (Å²) in [6.07, 6.45) is 0. The van der Waals surface area contributed by atoms with Gasteiger partial charge in [0.15, 0.2) is 0 Å². The smallest absolute Gasteiger partial charge is 0.233 e. The summed E-state index contributed by atoms with van der Waals surface area (Å²) in [4.78, 5) is 0. The lowest BCUT2D eigenvalue weighted by molar-refractivity contribution is 0.513. The molecular weight excluding hydrogens is 150 g/mol. The number of hydrogen-bond donors (Lipinski definition) is 2. The fraction of sp³-hybridized carbons (Fsp3) is 0.667. The van der Waals surface area contributed by atoms with Crippen LogP contribution in [0.3, 0.4) is 0 Å². The number of hydrogen-bond acceptors (Lipinski definition) is 1. The molecule has 0 rings (SSSR count). The highest BCUT2D eigenvalue weighted by atomic mass is 32.2. The summed E-state index contributed by atoms with van der Waals surface area (Å²) >= 11 is -1.99. The summed E-state index contributed by atoms with van der Waals surface area (Å²) < 4.78 is 21.0. The molecule has 0 radical (unpaired) electrons. The Bertz CT molecular complexity index is 190.